The monoisotopic (exact) mass is 413 g/mol. The van der Waals surface area contributed by atoms with Crippen molar-refractivity contribution in [2.24, 2.45) is 0 Å². The lowest BCUT2D eigenvalue weighted by atomic mass is 9.84. The molecule has 26 heavy (non-hydrogen) atoms. The van der Waals surface area contributed by atoms with Crippen LogP contribution in [0.2, 0.25) is 0 Å². The molecule has 0 bridgehead atoms. The van der Waals surface area contributed by atoms with Gasteiger partial charge in [-0.1, -0.05) is 18.2 Å². The van der Waals surface area contributed by atoms with Crippen LogP contribution in [0.5, 0.6) is 0 Å². The average molecular weight is 414 g/mol. The molecule has 4 nitrogen and oxygen atoms in total. The van der Waals surface area contributed by atoms with E-state index < -0.39 is 6.10 Å². The van der Waals surface area contributed by atoms with Gasteiger partial charge in [0.15, 0.2) is 0 Å². The number of anilines is 1. The zero-order valence-corrected chi connectivity index (χ0v) is 16.3. The molecule has 2 atom stereocenters. The van der Waals surface area contributed by atoms with E-state index in [0.717, 1.165) is 32.2 Å². The molecule has 1 heterocycles. The largest absolute Gasteiger partial charge is 0.422 e. The van der Waals surface area contributed by atoms with Crippen LogP contribution < -0.4 is 10.9 Å². The molecule has 0 saturated heterocycles. The molecule has 0 spiro atoms. The molecule has 3 aromatic rings. The molecule has 5 heteroatoms. The van der Waals surface area contributed by atoms with Gasteiger partial charge in [-0.25, -0.2) is 4.79 Å². The molecule has 1 aliphatic carbocycles. The van der Waals surface area contributed by atoms with Gasteiger partial charge in [-0.2, -0.15) is 0 Å². The second-order valence-electron chi connectivity index (χ2n) is 7.04. The Labute approximate surface area is 160 Å². The van der Waals surface area contributed by atoms with E-state index >= 15 is 0 Å². The van der Waals surface area contributed by atoms with Crippen LogP contribution in [0.15, 0.2) is 50.1 Å². The van der Waals surface area contributed by atoms with Crippen molar-refractivity contribution >= 4 is 32.6 Å². The normalized spacial score (nSPS) is 19.4. The highest BCUT2D eigenvalue weighted by Gasteiger charge is 2.29. The maximum atomic E-state index is 11.9. The van der Waals surface area contributed by atoms with Crippen LogP contribution in [-0.2, 0) is 12.8 Å². The Bertz CT molecular complexity index is 1060. The van der Waals surface area contributed by atoms with Gasteiger partial charge in [0.25, 0.3) is 0 Å². The Balaban J connectivity index is 1.74. The van der Waals surface area contributed by atoms with Crippen molar-refractivity contribution in [1.29, 1.82) is 0 Å². The van der Waals surface area contributed by atoms with E-state index in [2.05, 4.69) is 21.2 Å². The highest BCUT2D eigenvalue weighted by atomic mass is 79.9. The smallest absolute Gasteiger partial charge is 0.336 e. The Morgan fingerprint density at radius 2 is 1.96 bits per heavy atom. The first-order valence-corrected chi connectivity index (χ1v) is 9.47. The van der Waals surface area contributed by atoms with Gasteiger partial charge in [0.2, 0.25) is 0 Å². The highest BCUT2D eigenvalue weighted by Crippen LogP contribution is 2.32. The van der Waals surface area contributed by atoms with Gasteiger partial charge in [-0.05, 0) is 65.0 Å². The topological polar surface area (TPSA) is 62.5 Å². The summed E-state index contributed by atoms with van der Waals surface area (Å²) in [5.74, 6) is 0. The number of aliphatic hydroxyl groups excluding tert-OH is 1. The number of nitrogens with one attached hydrogen (secondary N) is 1. The molecule has 0 radical (unpaired) electrons. The van der Waals surface area contributed by atoms with Crippen molar-refractivity contribution < 1.29 is 9.52 Å². The van der Waals surface area contributed by atoms with E-state index in [-0.39, 0.29) is 11.7 Å². The molecule has 0 amide bonds. The van der Waals surface area contributed by atoms with E-state index in [1.54, 1.807) is 0 Å². The van der Waals surface area contributed by atoms with Crippen molar-refractivity contribution in [2.75, 3.05) is 5.32 Å². The lowest BCUT2D eigenvalue weighted by molar-refractivity contribution is 0.145. The van der Waals surface area contributed by atoms with Crippen LogP contribution in [0.4, 0.5) is 5.69 Å². The van der Waals surface area contributed by atoms with Gasteiger partial charge in [-0.3, -0.25) is 0 Å². The number of hydrogen-bond acceptors (Lipinski definition) is 4. The molecule has 0 saturated carbocycles. The first-order chi connectivity index (χ1) is 12.4. The van der Waals surface area contributed by atoms with Crippen LogP contribution >= 0.6 is 15.9 Å². The fourth-order valence-electron chi connectivity index (χ4n) is 3.70. The number of aliphatic hydroxyl groups is 1. The fraction of sp³-hybridized carbons (Fsp3) is 0.286. The standard InChI is InChI=1S/C21H20BrNO3/c1-11-3-6-17(16(22)7-11)23-18-10-15-13(9-19(18)24)4-5-14-12(2)8-20(25)26-21(14)15/h3-8,18-19,23-24H,9-10H2,1-2H3/t18-,19-/m0/s1. The summed E-state index contributed by atoms with van der Waals surface area (Å²) in [6, 6.07) is 11.5. The number of fused-ring (bicyclic) bond motifs is 3. The number of rotatable bonds is 2. The summed E-state index contributed by atoms with van der Waals surface area (Å²) in [6.45, 7) is 3.96. The number of halogens is 1. The van der Waals surface area contributed by atoms with Crippen LogP contribution in [0.1, 0.15) is 22.3 Å². The quantitative estimate of drug-likeness (QED) is 0.620. The van der Waals surface area contributed by atoms with Crippen LogP contribution in [-0.4, -0.2) is 17.3 Å². The molecule has 2 N–H and O–H groups in total. The third-order valence-corrected chi connectivity index (χ3v) is 5.76. The van der Waals surface area contributed by atoms with Crippen molar-refractivity contribution in [3.63, 3.8) is 0 Å². The minimum Gasteiger partial charge on any atom is -0.422 e. The fourth-order valence-corrected chi connectivity index (χ4v) is 4.31. The van der Waals surface area contributed by atoms with Crippen molar-refractivity contribution in [3.8, 4) is 0 Å². The van der Waals surface area contributed by atoms with E-state index in [1.165, 1.54) is 11.6 Å². The third kappa shape index (κ3) is 3.06. The lowest BCUT2D eigenvalue weighted by Crippen LogP contribution is -2.40. The second kappa shape index (κ2) is 6.56. The maximum absolute atomic E-state index is 11.9. The van der Waals surface area contributed by atoms with Crippen molar-refractivity contribution in [2.45, 2.75) is 38.8 Å². The molecule has 0 unspecified atom stereocenters. The van der Waals surface area contributed by atoms with E-state index in [4.69, 9.17) is 4.42 Å². The predicted octanol–water partition coefficient (Wildman–Crippen LogP) is 4.11. The predicted molar refractivity (Wildman–Crippen MR) is 107 cm³/mol. The van der Waals surface area contributed by atoms with Gasteiger partial charge in [0, 0.05) is 33.6 Å². The highest BCUT2D eigenvalue weighted by molar-refractivity contribution is 9.10. The minimum absolute atomic E-state index is 0.155. The Morgan fingerprint density at radius 3 is 2.73 bits per heavy atom. The molecule has 1 aromatic heterocycles. The van der Waals surface area contributed by atoms with E-state index in [9.17, 15) is 9.90 Å². The summed E-state index contributed by atoms with van der Waals surface area (Å²) in [5.41, 5.74) is 5.39. The van der Waals surface area contributed by atoms with Gasteiger partial charge in [0.05, 0.1) is 12.1 Å². The SMILES string of the molecule is Cc1ccc(N[C@H]2Cc3c(ccc4c(C)cc(=O)oc34)C[C@@H]2O)c(Br)c1. The van der Waals surface area contributed by atoms with Crippen LogP contribution in [0, 0.1) is 13.8 Å². The van der Waals surface area contributed by atoms with Crippen molar-refractivity contribution in [1.82, 2.24) is 0 Å². The lowest BCUT2D eigenvalue weighted by Gasteiger charge is -2.31. The summed E-state index contributed by atoms with van der Waals surface area (Å²) in [4.78, 5) is 11.9. The molecule has 1 aliphatic rings. The van der Waals surface area contributed by atoms with Gasteiger partial charge < -0.3 is 14.8 Å². The van der Waals surface area contributed by atoms with Gasteiger partial charge in [-0.15, -0.1) is 0 Å². The Morgan fingerprint density at radius 1 is 1.15 bits per heavy atom. The molecular weight excluding hydrogens is 394 g/mol. The number of aryl methyl sites for hydroxylation is 2. The molecular formula is C21H20BrNO3. The third-order valence-electron chi connectivity index (χ3n) is 5.10. The summed E-state index contributed by atoms with van der Waals surface area (Å²) in [6.07, 6.45) is 0.620. The van der Waals surface area contributed by atoms with E-state index in [1.807, 2.05) is 44.2 Å². The maximum Gasteiger partial charge on any atom is 0.336 e. The van der Waals surface area contributed by atoms with Crippen molar-refractivity contribution in [3.05, 3.63) is 73.5 Å². The zero-order chi connectivity index (χ0) is 18.4. The van der Waals surface area contributed by atoms with Gasteiger partial charge in [0.1, 0.15) is 5.58 Å². The summed E-state index contributed by atoms with van der Waals surface area (Å²) >= 11 is 3.58. The zero-order valence-electron chi connectivity index (χ0n) is 14.7. The van der Waals surface area contributed by atoms with Crippen LogP contribution in [0.3, 0.4) is 0 Å². The first-order valence-electron chi connectivity index (χ1n) is 8.68. The molecule has 134 valence electrons. The Hall–Kier alpha value is -2.11. The number of benzene rings is 2. The molecule has 0 aliphatic heterocycles. The molecule has 2 aromatic carbocycles. The van der Waals surface area contributed by atoms with Gasteiger partial charge >= 0.3 is 5.63 Å². The number of hydrogen-bond donors (Lipinski definition) is 2. The first kappa shape index (κ1) is 17.3. The summed E-state index contributed by atoms with van der Waals surface area (Å²) < 4.78 is 6.51. The minimum atomic E-state index is -0.510. The average Bonchev–Trinajstić information content (AvgIpc) is 2.57. The summed E-state index contributed by atoms with van der Waals surface area (Å²) in [7, 11) is 0. The van der Waals surface area contributed by atoms with Crippen LogP contribution in [0.25, 0.3) is 11.0 Å². The summed E-state index contributed by atoms with van der Waals surface area (Å²) in [5, 5.41) is 15.0. The Kier molecular flexibility index (Phi) is 4.37. The molecule has 0 fully saturated rings. The molecule has 4 rings (SSSR count). The second-order valence-corrected chi connectivity index (χ2v) is 7.89. The van der Waals surface area contributed by atoms with E-state index in [0.29, 0.717) is 18.4 Å².